The van der Waals surface area contributed by atoms with Crippen LogP contribution in [0.1, 0.15) is 58.2 Å². The van der Waals surface area contributed by atoms with Gasteiger partial charge in [-0.05, 0) is 35.4 Å². The standard InChI is InChI=1S/C15H13F4NO.3C2H6/c16-13-7-11(8-20)3-6-14(13)21-9-10-1-4-12(5-2-10)15(17,18)19;3*1-2/h1-7H,8-9,20H2;3*1-2H3. The van der Waals surface area contributed by atoms with Crippen molar-refractivity contribution in [1.29, 1.82) is 0 Å². The second-order valence-electron chi connectivity index (χ2n) is 4.45. The van der Waals surface area contributed by atoms with Gasteiger partial charge in [-0.15, -0.1) is 0 Å². The molecule has 0 saturated heterocycles. The third kappa shape index (κ3) is 9.99. The smallest absolute Gasteiger partial charge is 0.416 e. The van der Waals surface area contributed by atoms with Gasteiger partial charge in [0.25, 0.3) is 0 Å². The Balaban J connectivity index is 0. The third-order valence-corrected chi connectivity index (χ3v) is 2.91. The number of nitrogens with two attached hydrogens (primary N) is 1. The molecule has 0 amide bonds. The largest absolute Gasteiger partial charge is 0.486 e. The van der Waals surface area contributed by atoms with Gasteiger partial charge in [0.1, 0.15) is 6.61 Å². The van der Waals surface area contributed by atoms with Crippen LogP contribution in [0.2, 0.25) is 0 Å². The monoisotopic (exact) mass is 389 g/mol. The normalized spacial score (nSPS) is 9.59. The van der Waals surface area contributed by atoms with Crippen LogP contribution in [0, 0.1) is 5.82 Å². The zero-order chi connectivity index (χ0) is 21.5. The number of benzene rings is 2. The molecule has 0 heterocycles. The Morgan fingerprint density at radius 3 is 1.70 bits per heavy atom. The number of halogens is 4. The fraction of sp³-hybridized carbons (Fsp3) is 0.429. The maximum Gasteiger partial charge on any atom is 0.416 e. The topological polar surface area (TPSA) is 35.2 Å². The van der Waals surface area contributed by atoms with Gasteiger partial charge in [-0.2, -0.15) is 13.2 Å². The van der Waals surface area contributed by atoms with Crippen molar-refractivity contribution in [3.63, 3.8) is 0 Å². The summed E-state index contributed by atoms with van der Waals surface area (Å²) in [5.74, 6) is -0.517. The molecule has 27 heavy (non-hydrogen) atoms. The van der Waals surface area contributed by atoms with Crippen LogP contribution >= 0.6 is 0 Å². The van der Waals surface area contributed by atoms with Crippen molar-refractivity contribution in [2.75, 3.05) is 0 Å². The molecular formula is C21H31F4NO. The average molecular weight is 389 g/mol. The van der Waals surface area contributed by atoms with E-state index in [0.717, 1.165) is 12.1 Å². The van der Waals surface area contributed by atoms with Crippen molar-refractivity contribution in [2.45, 2.75) is 60.9 Å². The Morgan fingerprint density at radius 1 is 0.815 bits per heavy atom. The summed E-state index contributed by atoms with van der Waals surface area (Å²) in [6.07, 6.45) is -4.37. The second kappa shape index (κ2) is 15.0. The van der Waals surface area contributed by atoms with Gasteiger partial charge in [0.15, 0.2) is 11.6 Å². The molecule has 6 heteroatoms. The molecule has 0 radical (unpaired) electrons. The minimum atomic E-state index is -4.37. The molecule has 0 aliphatic carbocycles. The first kappa shape index (κ1) is 27.1. The Kier molecular flexibility index (Phi) is 15.1. The van der Waals surface area contributed by atoms with E-state index < -0.39 is 17.6 Å². The molecule has 0 unspecified atom stereocenters. The Morgan fingerprint density at radius 2 is 1.30 bits per heavy atom. The van der Waals surface area contributed by atoms with Gasteiger partial charge in [0.2, 0.25) is 0 Å². The van der Waals surface area contributed by atoms with Gasteiger partial charge in [0, 0.05) is 6.54 Å². The molecule has 0 aliphatic heterocycles. The molecular weight excluding hydrogens is 358 g/mol. The van der Waals surface area contributed by atoms with E-state index in [2.05, 4.69) is 0 Å². The van der Waals surface area contributed by atoms with E-state index in [0.29, 0.717) is 11.1 Å². The van der Waals surface area contributed by atoms with Gasteiger partial charge < -0.3 is 10.5 Å². The number of ether oxygens (including phenoxy) is 1. The van der Waals surface area contributed by atoms with E-state index in [4.69, 9.17) is 10.5 Å². The molecule has 0 saturated carbocycles. The zero-order valence-electron chi connectivity index (χ0n) is 17.0. The summed E-state index contributed by atoms with van der Waals surface area (Å²) in [4.78, 5) is 0. The molecule has 0 fully saturated rings. The molecule has 0 bridgehead atoms. The van der Waals surface area contributed by atoms with Crippen LogP contribution in [0.4, 0.5) is 17.6 Å². The Labute approximate surface area is 160 Å². The fourth-order valence-electron chi connectivity index (χ4n) is 1.74. The summed E-state index contributed by atoms with van der Waals surface area (Å²) < 4.78 is 56.1. The molecule has 2 aromatic rings. The lowest BCUT2D eigenvalue weighted by molar-refractivity contribution is -0.137. The molecule has 0 aliphatic rings. The lowest BCUT2D eigenvalue weighted by Crippen LogP contribution is -2.05. The fourth-order valence-corrected chi connectivity index (χ4v) is 1.74. The van der Waals surface area contributed by atoms with Gasteiger partial charge in [-0.1, -0.05) is 59.7 Å². The summed E-state index contributed by atoms with van der Waals surface area (Å²) in [7, 11) is 0. The first-order valence-electron chi connectivity index (χ1n) is 9.17. The molecule has 0 atom stereocenters. The summed E-state index contributed by atoms with van der Waals surface area (Å²) >= 11 is 0. The van der Waals surface area contributed by atoms with Gasteiger partial charge in [0.05, 0.1) is 5.56 Å². The first-order valence-corrected chi connectivity index (χ1v) is 9.17. The minimum absolute atomic E-state index is 0.0168. The highest BCUT2D eigenvalue weighted by Gasteiger charge is 2.29. The summed E-state index contributed by atoms with van der Waals surface area (Å²) in [6, 6.07) is 8.87. The molecule has 2 nitrogen and oxygen atoms in total. The van der Waals surface area contributed by atoms with Crippen molar-refractivity contribution in [1.82, 2.24) is 0 Å². The van der Waals surface area contributed by atoms with Crippen LogP contribution in [0.25, 0.3) is 0 Å². The van der Waals surface area contributed by atoms with Crippen LogP contribution in [-0.2, 0) is 19.3 Å². The molecule has 154 valence electrons. The van der Waals surface area contributed by atoms with Crippen LogP contribution < -0.4 is 10.5 Å². The number of hydrogen-bond acceptors (Lipinski definition) is 2. The van der Waals surface area contributed by atoms with Crippen LogP contribution in [0.3, 0.4) is 0 Å². The summed E-state index contributed by atoms with van der Waals surface area (Å²) in [5, 5.41) is 0. The van der Waals surface area contributed by atoms with Crippen molar-refractivity contribution in [2.24, 2.45) is 5.73 Å². The van der Waals surface area contributed by atoms with E-state index in [1.54, 1.807) is 6.07 Å². The predicted molar refractivity (Wildman–Crippen MR) is 104 cm³/mol. The predicted octanol–water partition coefficient (Wildman–Crippen LogP) is 6.96. The zero-order valence-corrected chi connectivity index (χ0v) is 17.0. The highest BCUT2D eigenvalue weighted by atomic mass is 19.4. The van der Waals surface area contributed by atoms with Gasteiger partial charge in [-0.25, -0.2) is 4.39 Å². The van der Waals surface area contributed by atoms with E-state index >= 15 is 0 Å². The maximum absolute atomic E-state index is 13.6. The second-order valence-corrected chi connectivity index (χ2v) is 4.45. The average Bonchev–Trinajstić information content (AvgIpc) is 2.71. The SMILES string of the molecule is CC.CC.CC.NCc1ccc(OCc2ccc(C(F)(F)F)cc2)c(F)c1. The highest BCUT2D eigenvalue weighted by molar-refractivity contribution is 5.30. The van der Waals surface area contributed by atoms with Crippen molar-refractivity contribution in [3.8, 4) is 5.75 Å². The maximum atomic E-state index is 13.6. The molecule has 2 N–H and O–H groups in total. The Bertz CT molecular complexity index is 611. The molecule has 2 aromatic carbocycles. The number of rotatable bonds is 4. The van der Waals surface area contributed by atoms with Crippen LogP contribution in [-0.4, -0.2) is 0 Å². The van der Waals surface area contributed by atoms with E-state index in [9.17, 15) is 17.6 Å². The summed E-state index contributed by atoms with van der Waals surface area (Å²) in [6.45, 7) is 12.2. The minimum Gasteiger partial charge on any atom is -0.486 e. The lowest BCUT2D eigenvalue weighted by atomic mass is 10.1. The van der Waals surface area contributed by atoms with E-state index in [1.165, 1.54) is 24.3 Å². The lowest BCUT2D eigenvalue weighted by Gasteiger charge is -2.10. The first-order chi connectivity index (χ1) is 12.9. The van der Waals surface area contributed by atoms with Gasteiger partial charge in [-0.3, -0.25) is 0 Å². The van der Waals surface area contributed by atoms with Crippen molar-refractivity contribution >= 4 is 0 Å². The van der Waals surface area contributed by atoms with E-state index in [1.807, 2.05) is 41.5 Å². The van der Waals surface area contributed by atoms with Crippen molar-refractivity contribution < 1.29 is 22.3 Å². The highest BCUT2D eigenvalue weighted by Crippen LogP contribution is 2.29. The molecule has 2 rings (SSSR count). The van der Waals surface area contributed by atoms with Gasteiger partial charge >= 0.3 is 6.18 Å². The van der Waals surface area contributed by atoms with Crippen LogP contribution in [0.5, 0.6) is 5.75 Å². The number of hydrogen-bond donors (Lipinski definition) is 1. The Hall–Kier alpha value is -2.08. The van der Waals surface area contributed by atoms with Crippen molar-refractivity contribution in [3.05, 3.63) is 65.0 Å². The van der Waals surface area contributed by atoms with E-state index in [-0.39, 0.29) is 18.9 Å². The number of alkyl halides is 3. The van der Waals surface area contributed by atoms with Crippen LogP contribution in [0.15, 0.2) is 42.5 Å². The molecule has 0 aromatic heterocycles. The third-order valence-electron chi connectivity index (χ3n) is 2.91. The quantitative estimate of drug-likeness (QED) is 0.574. The summed E-state index contributed by atoms with van der Waals surface area (Å²) in [5.41, 5.74) is 5.80. The molecule has 0 spiro atoms.